The van der Waals surface area contributed by atoms with Crippen LogP contribution in [0.1, 0.15) is 52.4 Å². The molecule has 2 fully saturated rings. The molecule has 0 aromatic rings. The van der Waals surface area contributed by atoms with E-state index in [1.165, 1.54) is 64.7 Å². The molecular formula is C16H33N3. The Labute approximate surface area is 119 Å². The van der Waals surface area contributed by atoms with Gasteiger partial charge in [0.15, 0.2) is 0 Å². The molecule has 0 spiro atoms. The fraction of sp³-hybridized carbons (Fsp3) is 1.00. The van der Waals surface area contributed by atoms with Crippen LogP contribution in [0.4, 0.5) is 0 Å². The van der Waals surface area contributed by atoms with Gasteiger partial charge < -0.3 is 10.2 Å². The molecule has 1 saturated heterocycles. The third kappa shape index (κ3) is 3.71. The summed E-state index contributed by atoms with van der Waals surface area (Å²) in [6.07, 6.45) is 8.33. The van der Waals surface area contributed by atoms with Gasteiger partial charge in [0.05, 0.1) is 0 Å². The van der Waals surface area contributed by atoms with Gasteiger partial charge >= 0.3 is 0 Å². The van der Waals surface area contributed by atoms with E-state index < -0.39 is 0 Å². The summed E-state index contributed by atoms with van der Waals surface area (Å²) in [7, 11) is 4.42. The van der Waals surface area contributed by atoms with Gasteiger partial charge in [0.25, 0.3) is 0 Å². The van der Waals surface area contributed by atoms with Crippen LogP contribution in [0.2, 0.25) is 0 Å². The molecule has 2 rings (SSSR count). The SMILES string of the molecule is CNC1(CCN2CCN(C)C(C)(C)C2)CCCCC1. The summed E-state index contributed by atoms with van der Waals surface area (Å²) >= 11 is 0. The van der Waals surface area contributed by atoms with E-state index in [4.69, 9.17) is 0 Å². The van der Waals surface area contributed by atoms with E-state index in [1.807, 2.05) is 0 Å². The van der Waals surface area contributed by atoms with Crippen LogP contribution in [0, 0.1) is 0 Å². The third-order valence-corrected chi connectivity index (χ3v) is 5.64. The zero-order chi connectivity index (χ0) is 13.9. The van der Waals surface area contributed by atoms with Crippen molar-refractivity contribution in [3.8, 4) is 0 Å². The van der Waals surface area contributed by atoms with Crippen LogP contribution < -0.4 is 5.32 Å². The van der Waals surface area contributed by atoms with Crippen LogP contribution in [0.15, 0.2) is 0 Å². The Bertz CT molecular complexity index is 282. The number of nitrogens with zero attached hydrogens (tertiary/aromatic N) is 2. The van der Waals surface area contributed by atoms with Crippen molar-refractivity contribution in [2.45, 2.75) is 63.5 Å². The summed E-state index contributed by atoms with van der Waals surface area (Å²) in [6.45, 7) is 9.65. The predicted molar refractivity (Wildman–Crippen MR) is 82.6 cm³/mol. The van der Waals surface area contributed by atoms with Gasteiger partial charge in [-0.15, -0.1) is 0 Å². The summed E-state index contributed by atoms with van der Waals surface area (Å²) in [5.74, 6) is 0. The van der Waals surface area contributed by atoms with Crippen LogP contribution in [0.5, 0.6) is 0 Å². The van der Waals surface area contributed by atoms with Crippen LogP contribution in [0.3, 0.4) is 0 Å². The lowest BCUT2D eigenvalue weighted by Gasteiger charge is -2.47. The van der Waals surface area contributed by atoms with Gasteiger partial charge in [0, 0.05) is 37.3 Å². The summed E-state index contributed by atoms with van der Waals surface area (Å²) in [6, 6.07) is 0. The maximum atomic E-state index is 3.65. The number of piperazine rings is 1. The average Bonchev–Trinajstić information content (AvgIpc) is 2.41. The zero-order valence-electron chi connectivity index (χ0n) is 13.5. The number of nitrogens with one attached hydrogen (secondary N) is 1. The molecule has 19 heavy (non-hydrogen) atoms. The van der Waals surface area contributed by atoms with Gasteiger partial charge in [-0.3, -0.25) is 4.90 Å². The quantitative estimate of drug-likeness (QED) is 0.843. The van der Waals surface area contributed by atoms with E-state index >= 15 is 0 Å². The Morgan fingerprint density at radius 1 is 1.05 bits per heavy atom. The van der Waals surface area contributed by atoms with Crippen LogP contribution in [-0.2, 0) is 0 Å². The van der Waals surface area contributed by atoms with Crippen molar-refractivity contribution < 1.29 is 0 Å². The normalized spacial score (nSPS) is 28.4. The van der Waals surface area contributed by atoms with Crippen LogP contribution in [0.25, 0.3) is 0 Å². The molecule has 0 aromatic carbocycles. The third-order valence-electron chi connectivity index (χ3n) is 5.64. The first-order valence-electron chi connectivity index (χ1n) is 8.10. The Kier molecular flexibility index (Phi) is 4.91. The molecule has 3 heteroatoms. The highest BCUT2D eigenvalue weighted by molar-refractivity contribution is 4.93. The monoisotopic (exact) mass is 267 g/mol. The molecule has 0 unspecified atom stereocenters. The van der Waals surface area contributed by atoms with E-state index in [0.717, 1.165) is 0 Å². The van der Waals surface area contributed by atoms with Crippen molar-refractivity contribution in [1.29, 1.82) is 0 Å². The molecule has 112 valence electrons. The molecule has 0 atom stereocenters. The minimum atomic E-state index is 0.331. The molecule has 1 saturated carbocycles. The largest absolute Gasteiger partial charge is 0.314 e. The summed E-state index contributed by atoms with van der Waals surface area (Å²) < 4.78 is 0. The second-order valence-electron chi connectivity index (χ2n) is 7.35. The summed E-state index contributed by atoms with van der Waals surface area (Å²) in [4.78, 5) is 5.17. The fourth-order valence-electron chi connectivity index (χ4n) is 3.76. The molecule has 0 amide bonds. The van der Waals surface area contributed by atoms with Crippen LogP contribution in [-0.4, -0.2) is 61.2 Å². The molecule has 1 aliphatic heterocycles. The number of rotatable bonds is 4. The number of likely N-dealkylation sites (N-methyl/N-ethyl adjacent to an activating group) is 1. The first-order chi connectivity index (χ1) is 8.97. The van der Waals surface area contributed by atoms with Crippen molar-refractivity contribution in [2.75, 3.05) is 40.3 Å². The minimum Gasteiger partial charge on any atom is -0.314 e. The van der Waals surface area contributed by atoms with Crippen molar-refractivity contribution >= 4 is 0 Å². The van der Waals surface area contributed by atoms with Gasteiger partial charge in [-0.1, -0.05) is 19.3 Å². The van der Waals surface area contributed by atoms with E-state index in [1.54, 1.807) is 0 Å². The molecular weight excluding hydrogens is 234 g/mol. The highest BCUT2D eigenvalue weighted by Crippen LogP contribution is 2.31. The van der Waals surface area contributed by atoms with Crippen molar-refractivity contribution in [3.05, 3.63) is 0 Å². The number of hydrogen-bond donors (Lipinski definition) is 1. The number of hydrogen-bond acceptors (Lipinski definition) is 3. The van der Waals surface area contributed by atoms with Gasteiger partial charge in [-0.05, 0) is 47.2 Å². The highest BCUT2D eigenvalue weighted by Gasteiger charge is 2.34. The standard InChI is InChI=1S/C16H33N3/c1-15(2)14-19(13-12-18(15)4)11-10-16(17-3)8-6-5-7-9-16/h17H,5-14H2,1-4H3. The lowest BCUT2D eigenvalue weighted by molar-refractivity contribution is 0.0334. The molecule has 1 N–H and O–H groups in total. The zero-order valence-corrected chi connectivity index (χ0v) is 13.5. The van der Waals surface area contributed by atoms with E-state index in [0.29, 0.717) is 11.1 Å². The molecule has 0 aromatic heterocycles. The Balaban J connectivity index is 1.84. The first-order valence-corrected chi connectivity index (χ1v) is 8.10. The minimum absolute atomic E-state index is 0.331. The smallest absolute Gasteiger partial charge is 0.0277 e. The molecule has 0 radical (unpaired) electrons. The van der Waals surface area contributed by atoms with Gasteiger partial charge in [0.2, 0.25) is 0 Å². The van der Waals surface area contributed by atoms with Crippen molar-refractivity contribution in [2.24, 2.45) is 0 Å². The van der Waals surface area contributed by atoms with E-state index in [-0.39, 0.29) is 0 Å². The fourth-order valence-corrected chi connectivity index (χ4v) is 3.76. The molecule has 2 aliphatic rings. The van der Waals surface area contributed by atoms with E-state index in [2.05, 4.69) is 43.1 Å². The average molecular weight is 267 g/mol. The topological polar surface area (TPSA) is 18.5 Å². The molecule has 1 heterocycles. The Morgan fingerprint density at radius 2 is 1.74 bits per heavy atom. The Morgan fingerprint density at radius 3 is 2.32 bits per heavy atom. The van der Waals surface area contributed by atoms with Crippen LogP contribution >= 0.6 is 0 Å². The van der Waals surface area contributed by atoms with Crippen molar-refractivity contribution in [3.63, 3.8) is 0 Å². The predicted octanol–water partition coefficient (Wildman–Crippen LogP) is 2.32. The molecule has 0 bridgehead atoms. The first kappa shape index (κ1) is 15.3. The van der Waals surface area contributed by atoms with Gasteiger partial charge in [-0.2, -0.15) is 0 Å². The molecule has 1 aliphatic carbocycles. The lowest BCUT2D eigenvalue weighted by atomic mass is 9.79. The maximum Gasteiger partial charge on any atom is 0.0277 e. The lowest BCUT2D eigenvalue weighted by Crippen LogP contribution is -2.58. The second-order valence-corrected chi connectivity index (χ2v) is 7.35. The maximum absolute atomic E-state index is 3.65. The van der Waals surface area contributed by atoms with E-state index in [9.17, 15) is 0 Å². The van der Waals surface area contributed by atoms with Crippen molar-refractivity contribution in [1.82, 2.24) is 15.1 Å². The Hall–Kier alpha value is -0.120. The van der Waals surface area contributed by atoms with Gasteiger partial charge in [0.1, 0.15) is 0 Å². The summed E-state index contributed by atoms with van der Waals surface area (Å²) in [5, 5.41) is 3.65. The molecule has 3 nitrogen and oxygen atoms in total. The second kappa shape index (κ2) is 6.11. The van der Waals surface area contributed by atoms with Gasteiger partial charge in [-0.25, -0.2) is 0 Å². The highest BCUT2D eigenvalue weighted by atomic mass is 15.3. The summed E-state index contributed by atoms with van der Waals surface area (Å²) in [5.41, 5.74) is 0.767.